The molecule has 0 radical (unpaired) electrons. The number of hydrogen-bond donors (Lipinski definition) is 2. The minimum atomic E-state index is -3.96. The molecule has 35 heavy (non-hydrogen) atoms. The second kappa shape index (κ2) is 12.5. The Morgan fingerprint density at radius 3 is 2.40 bits per heavy atom. The van der Waals surface area contributed by atoms with Gasteiger partial charge in [-0.25, -0.2) is 4.79 Å². The topological polar surface area (TPSA) is 102 Å². The Kier molecular flexibility index (Phi) is 9.47. The second-order valence-electron chi connectivity index (χ2n) is 8.47. The normalized spacial score (nSPS) is 14.5. The molecule has 3 unspecified atom stereocenters. The number of carbonyl (C=O) groups excluding carboxylic acids is 2. The van der Waals surface area contributed by atoms with Gasteiger partial charge in [0.25, 0.3) is 0 Å². The molecule has 0 heterocycles. The predicted molar refractivity (Wildman–Crippen MR) is 136 cm³/mol. The lowest BCUT2D eigenvalue weighted by molar-refractivity contribution is -0.144. The fraction of sp³-hybridized carbons (Fsp3) is 0.333. The first kappa shape index (κ1) is 26.5. The summed E-state index contributed by atoms with van der Waals surface area (Å²) >= 11 is 0. The Labute approximate surface area is 205 Å². The van der Waals surface area contributed by atoms with Crippen molar-refractivity contribution in [3.63, 3.8) is 0 Å². The molecule has 0 bridgehead atoms. The number of aryl methyl sites for hydroxylation is 1. The van der Waals surface area contributed by atoms with E-state index < -0.39 is 31.1 Å². The van der Waals surface area contributed by atoms with Crippen molar-refractivity contribution >= 4 is 30.2 Å². The molecule has 3 aromatic rings. The van der Waals surface area contributed by atoms with Crippen LogP contribution in [0.1, 0.15) is 30.9 Å². The first-order valence-electron chi connectivity index (χ1n) is 11.7. The van der Waals surface area contributed by atoms with E-state index in [4.69, 9.17) is 9.47 Å². The summed E-state index contributed by atoms with van der Waals surface area (Å²) in [6.07, 6.45) is 0.0399. The number of alkyl carbamates (subject to hydrolysis) is 1. The largest absolute Gasteiger partial charge is 0.469 e. The molecule has 0 aliphatic carbocycles. The van der Waals surface area contributed by atoms with Crippen molar-refractivity contribution in [2.24, 2.45) is 5.92 Å². The number of hydrogen-bond acceptors (Lipinski definition) is 5. The molecular weight excluding hydrogens is 465 g/mol. The Balaban J connectivity index is 1.65. The van der Waals surface area contributed by atoms with Crippen LogP contribution in [0, 0.1) is 5.92 Å². The Hall–Kier alpha value is -3.15. The summed E-state index contributed by atoms with van der Waals surface area (Å²) in [5, 5.41) is 4.69. The Morgan fingerprint density at radius 1 is 1.00 bits per heavy atom. The zero-order chi connectivity index (χ0) is 25.3. The minimum absolute atomic E-state index is 0.0503. The molecule has 7 nitrogen and oxygen atoms in total. The minimum Gasteiger partial charge on any atom is -0.469 e. The van der Waals surface area contributed by atoms with Gasteiger partial charge in [0.15, 0.2) is 0 Å². The van der Waals surface area contributed by atoms with Crippen LogP contribution in [0.4, 0.5) is 4.79 Å². The lowest BCUT2D eigenvalue weighted by Gasteiger charge is -2.26. The third kappa shape index (κ3) is 7.41. The van der Waals surface area contributed by atoms with Gasteiger partial charge in [0.05, 0.1) is 13.0 Å². The molecule has 0 saturated carbocycles. The maximum atomic E-state index is 13.3. The van der Waals surface area contributed by atoms with Crippen LogP contribution < -0.4 is 5.32 Å². The third-order valence-corrected chi connectivity index (χ3v) is 8.46. The van der Waals surface area contributed by atoms with E-state index in [1.165, 1.54) is 7.11 Å². The summed E-state index contributed by atoms with van der Waals surface area (Å²) in [6, 6.07) is 23.1. The zero-order valence-corrected chi connectivity index (χ0v) is 20.9. The van der Waals surface area contributed by atoms with Gasteiger partial charge in [0.1, 0.15) is 12.4 Å². The summed E-state index contributed by atoms with van der Waals surface area (Å²) in [5.41, 5.74) is 1.86. The van der Waals surface area contributed by atoms with Gasteiger partial charge in [-0.15, -0.1) is 0 Å². The number of benzene rings is 3. The Bertz CT molecular complexity index is 1180. The van der Waals surface area contributed by atoms with Gasteiger partial charge < -0.3 is 19.7 Å². The van der Waals surface area contributed by atoms with Crippen LogP contribution in [0.15, 0.2) is 72.8 Å². The number of nitrogens with one attached hydrogen (secondary N) is 1. The molecule has 0 aliphatic heterocycles. The van der Waals surface area contributed by atoms with Crippen molar-refractivity contribution in [1.82, 2.24) is 5.32 Å². The molecule has 0 aromatic heterocycles. The van der Waals surface area contributed by atoms with Gasteiger partial charge in [0, 0.05) is 6.16 Å². The van der Waals surface area contributed by atoms with Gasteiger partial charge in [0.2, 0.25) is 7.37 Å². The summed E-state index contributed by atoms with van der Waals surface area (Å²) in [5.74, 6) is -2.36. The number of methoxy groups -OCH3 is 1. The van der Waals surface area contributed by atoms with Crippen molar-refractivity contribution in [3.8, 4) is 0 Å². The molecule has 3 atom stereocenters. The van der Waals surface area contributed by atoms with Crippen molar-refractivity contribution < 1.29 is 28.5 Å². The van der Waals surface area contributed by atoms with Crippen molar-refractivity contribution in [2.75, 3.05) is 13.3 Å². The van der Waals surface area contributed by atoms with Crippen molar-refractivity contribution in [1.29, 1.82) is 0 Å². The summed E-state index contributed by atoms with van der Waals surface area (Å²) in [4.78, 5) is 35.7. The smallest absolute Gasteiger partial charge is 0.408 e. The highest BCUT2D eigenvalue weighted by molar-refractivity contribution is 7.58. The van der Waals surface area contributed by atoms with Gasteiger partial charge >= 0.3 is 12.1 Å². The fourth-order valence-electron chi connectivity index (χ4n) is 4.12. The molecule has 0 saturated heterocycles. The number of ether oxygens (including phenoxy) is 2. The third-order valence-electron chi connectivity index (χ3n) is 6.03. The zero-order valence-electron chi connectivity index (χ0n) is 20.1. The molecular formula is C27H32NO6P. The molecule has 2 N–H and O–H groups in total. The summed E-state index contributed by atoms with van der Waals surface area (Å²) in [7, 11) is -2.69. The average molecular weight is 498 g/mol. The van der Waals surface area contributed by atoms with Gasteiger partial charge in [-0.3, -0.25) is 9.36 Å². The molecule has 0 aliphatic rings. The molecule has 8 heteroatoms. The number of carbonyl (C=O) groups is 2. The quantitative estimate of drug-likeness (QED) is 0.268. The summed E-state index contributed by atoms with van der Waals surface area (Å²) in [6.45, 7) is 1.75. The second-order valence-corrected chi connectivity index (χ2v) is 11.0. The van der Waals surface area contributed by atoms with Gasteiger partial charge in [-0.05, 0) is 41.2 Å². The van der Waals surface area contributed by atoms with Crippen molar-refractivity contribution in [3.05, 3.63) is 83.9 Å². The van der Waals surface area contributed by atoms with E-state index in [-0.39, 0.29) is 19.2 Å². The lowest BCUT2D eigenvalue weighted by atomic mass is 9.96. The van der Waals surface area contributed by atoms with Crippen LogP contribution >= 0.6 is 7.37 Å². The number of amides is 1. The molecule has 3 aromatic carbocycles. The number of fused-ring (bicyclic) bond motifs is 1. The fourth-order valence-corrected chi connectivity index (χ4v) is 6.22. The maximum absolute atomic E-state index is 13.3. The molecule has 0 fully saturated rings. The van der Waals surface area contributed by atoms with Crippen LogP contribution in [0.5, 0.6) is 0 Å². The van der Waals surface area contributed by atoms with Crippen LogP contribution in [0.2, 0.25) is 0 Å². The highest BCUT2D eigenvalue weighted by atomic mass is 31.2. The molecule has 186 valence electrons. The van der Waals surface area contributed by atoms with E-state index in [1.54, 1.807) is 6.92 Å². The highest BCUT2D eigenvalue weighted by Gasteiger charge is 2.36. The Morgan fingerprint density at radius 2 is 1.69 bits per heavy atom. The van der Waals surface area contributed by atoms with E-state index in [2.05, 4.69) is 5.32 Å². The lowest BCUT2D eigenvalue weighted by Crippen LogP contribution is -2.36. The predicted octanol–water partition coefficient (Wildman–Crippen LogP) is 5.49. The van der Waals surface area contributed by atoms with E-state index in [0.29, 0.717) is 12.8 Å². The van der Waals surface area contributed by atoms with E-state index in [9.17, 15) is 19.0 Å². The molecule has 3 rings (SSSR count). The summed E-state index contributed by atoms with van der Waals surface area (Å²) < 4.78 is 23.4. The standard InChI is InChI=1S/C27H32NO6P/c1-3-25(28-27(30)34-18-20-10-5-4-6-11-20)35(31,32)19-23(26(29)33-2)17-16-22-14-9-13-21-12-7-8-15-24(21)22/h4-15,23,25H,3,16-19H2,1-2H3,(H,28,30)(H,31,32). The number of rotatable bonds is 11. The van der Waals surface area contributed by atoms with Crippen LogP contribution in [-0.2, 0) is 31.9 Å². The van der Waals surface area contributed by atoms with Crippen molar-refractivity contribution in [2.45, 2.75) is 38.6 Å². The van der Waals surface area contributed by atoms with Gasteiger partial charge in [-0.2, -0.15) is 0 Å². The van der Waals surface area contributed by atoms with Gasteiger partial charge in [-0.1, -0.05) is 79.7 Å². The van der Waals surface area contributed by atoms with E-state index in [0.717, 1.165) is 21.9 Å². The van der Waals surface area contributed by atoms with E-state index in [1.807, 2.05) is 72.8 Å². The first-order chi connectivity index (χ1) is 16.8. The van der Waals surface area contributed by atoms with E-state index >= 15 is 0 Å². The van der Waals surface area contributed by atoms with Crippen LogP contribution in [0.3, 0.4) is 0 Å². The molecule has 1 amide bonds. The number of esters is 1. The first-order valence-corrected chi connectivity index (χ1v) is 13.6. The van der Waals surface area contributed by atoms with Crippen LogP contribution in [-0.4, -0.2) is 36.0 Å². The maximum Gasteiger partial charge on any atom is 0.408 e. The average Bonchev–Trinajstić information content (AvgIpc) is 2.88. The monoisotopic (exact) mass is 497 g/mol. The highest BCUT2D eigenvalue weighted by Crippen LogP contribution is 2.49. The molecule has 0 spiro atoms. The van der Waals surface area contributed by atoms with Crippen LogP contribution in [0.25, 0.3) is 10.8 Å². The SMILES string of the molecule is CCC(NC(=O)OCc1ccccc1)P(=O)(O)CC(CCc1cccc2ccccc12)C(=O)OC.